The first kappa shape index (κ1) is 11.6. The zero-order chi connectivity index (χ0) is 12.7. The molecule has 92 valence electrons. The van der Waals surface area contributed by atoms with Crippen LogP contribution in [0.25, 0.3) is 0 Å². The van der Waals surface area contributed by atoms with E-state index in [0.29, 0.717) is 6.04 Å². The highest BCUT2D eigenvalue weighted by Crippen LogP contribution is 2.37. The van der Waals surface area contributed by atoms with Crippen molar-refractivity contribution in [2.24, 2.45) is 0 Å². The zero-order valence-electron chi connectivity index (χ0n) is 10.6. The Hall–Kier alpha value is -1.47. The lowest BCUT2D eigenvalue weighted by molar-refractivity contribution is 0.824. The fourth-order valence-electron chi connectivity index (χ4n) is 2.76. The van der Waals surface area contributed by atoms with E-state index < -0.39 is 0 Å². The summed E-state index contributed by atoms with van der Waals surface area (Å²) >= 11 is 5.93. The van der Waals surface area contributed by atoms with Crippen molar-refractivity contribution in [3.8, 4) is 0 Å². The highest BCUT2D eigenvalue weighted by Gasteiger charge is 2.23. The zero-order valence-corrected chi connectivity index (χ0v) is 11.4. The molecule has 0 fully saturated rings. The van der Waals surface area contributed by atoms with Crippen molar-refractivity contribution in [2.75, 3.05) is 5.32 Å². The van der Waals surface area contributed by atoms with Crippen LogP contribution < -0.4 is 5.32 Å². The van der Waals surface area contributed by atoms with E-state index in [0.717, 1.165) is 11.4 Å². The third kappa shape index (κ3) is 1.99. The molecule has 2 aromatic rings. The van der Waals surface area contributed by atoms with Gasteiger partial charge in [0.2, 0.25) is 0 Å². The number of hydrogen-bond donors (Lipinski definition) is 1. The third-order valence-electron chi connectivity index (χ3n) is 3.58. The molecule has 2 aromatic carbocycles. The number of halogens is 1. The first-order valence-electron chi connectivity index (χ1n) is 6.25. The monoisotopic (exact) mass is 257 g/mol. The summed E-state index contributed by atoms with van der Waals surface area (Å²) in [5.41, 5.74) is 6.70. The van der Waals surface area contributed by atoms with E-state index in [1.165, 1.54) is 27.9 Å². The molecule has 0 radical (unpaired) electrons. The van der Waals surface area contributed by atoms with Gasteiger partial charge in [-0.15, -0.1) is 0 Å². The van der Waals surface area contributed by atoms with Gasteiger partial charge in [0.15, 0.2) is 0 Å². The molecule has 1 aliphatic heterocycles. The summed E-state index contributed by atoms with van der Waals surface area (Å²) in [5, 5.41) is 4.42. The first-order chi connectivity index (χ1) is 8.63. The van der Waals surface area contributed by atoms with Gasteiger partial charge in [-0.1, -0.05) is 41.4 Å². The van der Waals surface area contributed by atoms with E-state index in [2.05, 4.69) is 43.4 Å². The largest absolute Gasteiger partial charge is 0.377 e. The lowest BCUT2D eigenvalue weighted by Crippen LogP contribution is -2.05. The quantitative estimate of drug-likeness (QED) is 0.783. The van der Waals surface area contributed by atoms with Crippen LogP contribution in [0, 0.1) is 13.8 Å². The highest BCUT2D eigenvalue weighted by atomic mass is 35.5. The van der Waals surface area contributed by atoms with E-state index in [-0.39, 0.29) is 0 Å². The van der Waals surface area contributed by atoms with Crippen LogP contribution in [0.5, 0.6) is 0 Å². The summed E-state index contributed by atoms with van der Waals surface area (Å²) in [6.45, 7) is 4.33. The van der Waals surface area contributed by atoms with Crippen molar-refractivity contribution in [2.45, 2.75) is 26.3 Å². The molecule has 18 heavy (non-hydrogen) atoms. The molecular formula is C16H16ClN. The van der Waals surface area contributed by atoms with Crippen molar-refractivity contribution in [1.82, 2.24) is 0 Å². The Labute approximate surface area is 113 Å². The minimum Gasteiger partial charge on any atom is -0.377 e. The average molecular weight is 258 g/mol. The molecule has 1 heterocycles. The molecule has 1 aliphatic rings. The smallest absolute Gasteiger partial charge is 0.0555 e. The summed E-state index contributed by atoms with van der Waals surface area (Å²) in [5.74, 6) is 0. The van der Waals surface area contributed by atoms with Crippen LogP contribution in [0.15, 0.2) is 36.4 Å². The SMILES string of the molecule is Cc1cc(C)c2c(c1)CC(c1ccc(Cl)cc1)N2. The van der Waals surface area contributed by atoms with Gasteiger partial charge in [0.25, 0.3) is 0 Å². The number of nitrogens with one attached hydrogen (secondary N) is 1. The first-order valence-corrected chi connectivity index (χ1v) is 6.63. The summed E-state index contributed by atoms with van der Waals surface area (Å²) in [4.78, 5) is 0. The van der Waals surface area contributed by atoms with Crippen LogP contribution in [-0.2, 0) is 6.42 Å². The fourth-order valence-corrected chi connectivity index (χ4v) is 2.89. The molecule has 1 unspecified atom stereocenters. The number of rotatable bonds is 1. The Bertz CT molecular complexity index is 587. The number of benzene rings is 2. The van der Waals surface area contributed by atoms with E-state index >= 15 is 0 Å². The Kier molecular flexibility index (Phi) is 2.79. The summed E-state index contributed by atoms with van der Waals surface area (Å²) < 4.78 is 0. The van der Waals surface area contributed by atoms with Crippen molar-refractivity contribution < 1.29 is 0 Å². The Morgan fingerprint density at radius 1 is 1.11 bits per heavy atom. The molecule has 0 spiro atoms. The van der Waals surface area contributed by atoms with Crippen LogP contribution in [0.4, 0.5) is 5.69 Å². The maximum Gasteiger partial charge on any atom is 0.0555 e. The summed E-state index contributed by atoms with van der Waals surface area (Å²) in [7, 11) is 0. The molecule has 0 amide bonds. The highest BCUT2D eigenvalue weighted by molar-refractivity contribution is 6.30. The second kappa shape index (κ2) is 4.33. The molecule has 0 aromatic heterocycles. The van der Waals surface area contributed by atoms with Crippen LogP contribution in [0.3, 0.4) is 0 Å². The lowest BCUT2D eigenvalue weighted by Gasteiger charge is -2.12. The molecular weight excluding hydrogens is 242 g/mol. The van der Waals surface area contributed by atoms with Crippen LogP contribution in [-0.4, -0.2) is 0 Å². The predicted octanol–water partition coefficient (Wildman–Crippen LogP) is 4.67. The third-order valence-corrected chi connectivity index (χ3v) is 3.83. The molecule has 3 rings (SSSR count). The minimum atomic E-state index is 0.373. The summed E-state index contributed by atoms with van der Waals surface area (Å²) in [6.07, 6.45) is 1.06. The molecule has 0 saturated heterocycles. The van der Waals surface area contributed by atoms with Gasteiger partial charge in [-0.05, 0) is 49.1 Å². The van der Waals surface area contributed by atoms with Crippen molar-refractivity contribution in [3.05, 3.63) is 63.7 Å². The molecule has 0 aliphatic carbocycles. The van der Waals surface area contributed by atoms with Gasteiger partial charge in [-0.2, -0.15) is 0 Å². The van der Waals surface area contributed by atoms with Gasteiger partial charge >= 0.3 is 0 Å². The Balaban J connectivity index is 1.93. The van der Waals surface area contributed by atoms with E-state index in [9.17, 15) is 0 Å². The van der Waals surface area contributed by atoms with Crippen molar-refractivity contribution >= 4 is 17.3 Å². The van der Waals surface area contributed by atoms with E-state index in [4.69, 9.17) is 11.6 Å². The molecule has 0 saturated carbocycles. The Morgan fingerprint density at radius 3 is 2.56 bits per heavy atom. The van der Waals surface area contributed by atoms with E-state index in [1.54, 1.807) is 0 Å². The van der Waals surface area contributed by atoms with Crippen molar-refractivity contribution in [1.29, 1.82) is 0 Å². The second-order valence-electron chi connectivity index (χ2n) is 5.07. The predicted molar refractivity (Wildman–Crippen MR) is 77.4 cm³/mol. The fraction of sp³-hybridized carbons (Fsp3) is 0.250. The maximum absolute atomic E-state index is 5.93. The lowest BCUT2D eigenvalue weighted by atomic mass is 10.0. The van der Waals surface area contributed by atoms with Gasteiger partial charge in [-0.25, -0.2) is 0 Å². The number of anilines is 1. The maximum atomic E-state index is 5.93. The molecule has 0 bridgehead atoms. The molecule has 1 N–H and O–H groups in total. The van der Waals surface area contributed by atoms with Crippen LogP contribution in [0.1, 0.15) is 28.3 Å². The second-order valence-corrected chi connectivity index (χ2v) is 5.50. The van der Waals surface area contributed by atoms with Crippen LogP contribution in [0.2, 0.25) is 5.02 Å². The van der Waals surface area contributed by atoms with Crippen LogP contribution >= 0.6 is 11.6 Å². The standard InChI is InChI=1S/C16H16ClN/c1-10-7-11(2)16-13(8-10)9-15(18-16)12-3-5-14(17)6-4-12/h3-8,15,18H,9H2,1-2H3. The van der Waals surface area contributed by atoms with Gasteiger partial charge in [0.1, 0.15) is 0 Å². The molecule has 2 heteroatoms. The minimum absolute atomic E-state index is 0.373. The molecule has 1 atom stereocenters. The topological polar surface area (TPSA) is 12.0 Å². The van der Waals surface area contributed by atoms with Gasteiger partial charge in [0.05, 0.1) is 6.04 Å². The van der Waals surface area contributed by atoms with E-state index in [1.807, 2.05) is 12.1 Å². The van der Waals surface area contributed by atoms with Crippen molar-refractivity contribution in [3.63, 3.8) is 0 Å². The number of hydrogen-bond acceptors (Lipinski definition) is 1. The number of fused-ring (bicyclic) bond motifs is 1. The van der Waals surface area contributed by atoms with Gasteiger partial charge in [-0.3, -0.25) is 0 Å². The average Bonchev–Trinajstić information content (AvgIpc) is 2.74. The van der Waals surface area contributed by atoms with Gasteiger partial charge in [0, 0.05) is 10.7 Å². The summed E-state index contributed by atoms with van der Waals surface area (Å²) in [6, 6.07) is 13.0. The van der Waals surface area contributed by atoms with Gasteiger partial charge < -0.3 is 5.32 Å². The normalized spacial score (nSPS) is 17.4. The number of aryl methyl sites for hydroxylation is 2. The molecule has 1 nitrogen and oxygen atoms in total. The Morgan fingerprint density at radius 2 is 1.83 bits per heavy atom.